The fraction of sp³-hybridized carbons (Fsp3) is 0.417. The van der Waals surface area contributed by atoms with Crippen LogP contribution in [0.5, 0.6) is 0 Å². The third-order valence-electron chi connectivity index (χ3n) is 6.71. The van der Waals surface area contributed by atoms with E-state index in [1.807, 2.05) is 25.1 Å². The first-order chi connectivity index (χ1) is 14.9. The lowest BCUT2D eigenvalue weighted by Crippen LogP contribution is -2.51. The average Bonchev–Trinajstić information content (AvgIpc) is 3.26. The predicted molar refractivity (Wildman–Crippen MR) is 109 cm³/mol. The van der Waals surface area contributed by atoms with Crippen molar-refractivity contribution in [2.75, 3.05) is 13.1 Å². The van der Waals surface area contributed by atoms with E-state index in [0.29, 0.717) is 49.9 Å². The largest absolute Gasteiger partial charge is 0.342 e. The first-order valence-electron chi connectivity index (χ1n) is 10.7. The molecule has 0 saturated carbocycles. The number of likely N-dealkylation sites (tertiary alicyclic amines) is 1. The van der Waals surface area contributed by atoms with Crippen LogP contribution in [0.4, 0.5) is 8.78 Å². The average molecular weight is 426 g/mol. The molecule has 0 bridgehead atoms. The van der Waals surface area contributed by atoms with Crippen LogP contribution < -0.4 is 0 Å². The van der Waals surface area contributed by atoms with Gasteiger partial charge in [-0.05, 0) is 49.6 Å². The van der Waals surface area contributed by atoms with Crippen molar-refractivity contribution in [3.8, 4) is 0 Å². The Hall–Kier alpha value is -2.80. The summed E-state index contributed by atoms with van der Waals surface area (Å²) in [6.07, 6.45) is 1.68. The van der Waals surface area contributed by atoms with Gasteiger partial charge < -0.3 is 14.5 Å². The Morgan fingerprint density at radius 1 is 1.06 bits per heavy atom. The Morgan fingerprint density at radius 2 is 1.77 bits per heavy atom. The van der Waals surface area contributed by atoms with Gasteiger partial charge in [-0.3, -0.25) is 9.59 Å². The highest BCUT2D eigenvalue weighted by atomic mass is 19.1. The van der Waals surface area contributed by atoms with E-state index in [2.05, 4.69) is 0 Å². The number of hydrogen-bond acceptors (Lipinski definition) is 3. The van der Waals surface area contributed by atoms with Gasteiger partial charge >= 0.3 is 0 Å². The first-order valence-corrected chi connectivity index (χ1v) is 10.7. The minimum absolute atomic E-state index is 0.0439. The zero-order chi connectivity index (χ0) is 21.8. The van der Waals surface area contributed by atoms with Crippen LogP contribution in [-0.2, 0) is 9.53 Å². The highest BCUT2D eigenvalue weighted by molar-refractivity contribution is 5.95. The van der Waals surface area contributed by atoms with Crippen LogP contribution in [-0.4, -0.2) is 46.5 Å². The topological polar surface area (TPSA) is 49.9 Å². The number of nitrogens with zero attached hydrogens (tertiary/aromatic N) is 2. The van der Waals surface area contributed by atoms with Gasteiger partial charge in [0.2, 0.25) is 0 Å². The molecule has 3 saturated heterocycles. The predicted octanol–water partition coefficient (Wildman–Crippen LogP) is 3.97. The summed E-state index contributed by atoms with van der Waals surface area (Å²) in [6.45, 7) is 2.80. The highest BCUT2D eigenvalue weighted by Crippen LogP contribution is 2.47. The van der Waals surface area contributed by atoms with E-state index in [1.54, 1.807) is 15.9 Å². The molecule has 162 valence electrons. The molecule has 3 heterocycles. The summed E-state index contributed by atoms with van der Waals surface area (Å²) >= 11 is 0. The summed E-state index contributed by atoms with van der Waals surface area (Å²) in [6, 6.07) is 10.5. The Labute approximate surface area is 179 Å². The van der Waals surface area contributed by atoms with Crippen LogP contribution >= 0.6 is 0 Å². The molecule has 2 amide bonds. The van der Waals surface area contributed by atoms with E-state index in [-0.39, 0.29) is 18.0 Å². The number of ether oxygens (including phenoxy) is 1. The van der Waals surface area contributed by atoms with Crippen molar-refractivity contribution in [1.82, 2.24) is 9.80 Å². The number of aryl methyl sites for hydroxylation is 1. The zero-order valence-electron chi connectivity index (χ0n) is 17.3. The van der Waals surface area contributed by atoms with Gasteiger partial charge in [0.1, 0.15) is 17.9 Å². The number of carbonyl (C=O) groups is 2. The summed E-state index contributed by atoms with van der Waals surface area (Å²) in [7, 11) is 0. The Kier molecular flexibility index (Phi) is 4.81. The molecule has 3 aliphatic heterocycles. The monoisotopic (exact) mass is 426 g/mol. The molecule has 3 fully saturated rings. The number of fused-ring (bicyclic) bond motifs is 1. The number of rotatable bonds is 2. The SMILES string of the molecule is Cc1cccc(C(=O)N2CCC3(CC2)O[C@@H]2CC[C@@H](c4cc(F)cc(F)c4)N2C3=O)c1. The number of amides is 2. The van der Waals surface area contributed by atoms with Gasteiger partial charge in [-0.1, -0.05) is 17.7 Å². The Morgan fingerprint density at radius 3 is 2.45 bits per heavy atom. The zero-order valence-corrected chi connectivity index (χ0v) is 17.3. The van der Waals surface area contributed by atoms with Gasteiger partial charge in [0.15, 0.2) is 5.60 Å². The molecule has 7 heteroatoms. The fourth-order valence-electron chi connectivity index (χ4n) is 5.17. The lowest BCUT2D eigenvalue weighted by Gasteiger charge is -2.37. The van der Waals surface area contributed by atoms with E-state index in [4.69, 9.17) is 4.74 Å². The molecule has 2 atom stereocenters. The van der Waals surface area contributed by atoms with Crippen LogP contribution in [0.25, 0.3) is 0 Å². The summed E-state index contributed by atoms with van der Waals surface area (Å²) in [5.41, 5.74) is 1.16. The van der Waals surface area contributed by atoms with Crippen molar-refractivity contribution < 1.29 is 23.1 Å². The number of carbonyl (C=O) groups excluding carboxylic acids is 2. The van der Waals surface area contributed by atoms with Gasteiger partial charge in [-0.25, -0.2) is 8.78 Å². The van der Waals surface area contributed by atoms with Crippen molar-refractivity contribution in [3.63, 3.8) is 0 Å². The second-order valence-corrected chi connectivity index (χ2v) is 8.74. The summed E-state index contributed by atoms with van der Waals surface area (Å²) < 4.78 is 33.7. The fourth-order valence-corrected chi connectivity index (χ4v) is 5.17. The molecule has 0 radical (unpaired) electrons. The Bertz CT molecular complexity index is 1030. The number of halogens is 2. The summed E-state index contributed by atoms with van der Waals surface area (Å²) in [4.78, 5) is 29.7. The molecule has 31 heavy (non-hydrogen) atoms. The van der Waals surface area contributed by atoms with Crippen LogP contribution in [0.2, 0.25) is 0 Å². The van der Waals surface area contributed by atoms with E-state index in [1.165, 1.54) is 12.1 Å². The Balaban J connectivity index is 1.32. The molecule has 0 aliphatic carbocycles. The lowest BCUT2D eigenvalue weighted by atomic mass is 9.89. The van der Waals surface area contributed by atoms with E-state index in [9.17, 15) is 18.4 Å². The van der Waals surface area contributed by atoms with Crippen LogP contribution in [0.3, 0.4) is 0 Å². The second kappa shape index (κ2) is 7.41. The van der Waals surface area contributed by atoms with Gasteiger partial charge in [-0.15, -0.1) is 0 Å². The van der Waals surface area contributed by atoms with Crippen LogP contribution in [0.15, 0.2) is 42.5 Å². The normalized spacial score (nSPS) is 24.7. The molecule has 2 aromatic carbocycles. The minimum Gasteiger partial charge on any atom is -0.342 e. The third kappa shape index (κ3) is 3.41. The number of benzene rings is 2. The lowest BCUT2D eigenvalue weighted by molar-refractivity contribution is -0.142. The quantitative estimate of drug-likeness (QED) is 0.730. The molecule has 2 aromatic rings. The van der Waals surface area contributed by atoms with E-state index < -0.39 is 23.3 Å². The molecule has 0 aromatic heterocycles. The third-order valence-corrected chi connectivity index (χ3v) is 6.71. The van der Waals surface area contributed by atoms with Gasteiger partial charge in [0.05, 0.1) is 6.04 Å². The van der Waals surface area contributed by atoms with Gasteiger partial charge in [0, 0.05) is 37.6 Å². The molecular weight excluding hydrogens is 402 g/mol. The maximum Gasteiger partial charge on any atom is 0.257 e. The molecule has 3 aliphatic rings. The van der Waals surface area contributed by atoms with Gasteiger partial charge in [-0.2, -0.15) is 0 Å². The van der Waals surface area contributed by atoms with Crippen LogP contribution in [0.1, 0.15) is 53.2 Å². The maximum atomic E-state index is 13.7. The van der Waals surface area contributed by atoms with Crippen molar-refractivity contribution in [2.24, 2.45) is 0 Å². The molecule has 5 rings (SSSR count). The van der Waals surface area contributed by atoms with E-state index in [0.717, 1.165) is 11.6 Å². The van der Waals surface area contributed by atoms with Crippen LogP contribution in [0, 0.1) is 18.6 Å². The van der Waals surface area contributed by atoms with Crippen molar-refractivity contribution in [1.29, 1.82) is 0 Å². The smallest absolute Gasteiger partial charge is 0.257 e. The second-order valence-electron chi connectivity index (χ2n) is 8.74. The summed E-state index contributed by atoms with van der Waals surface area (Å²) in [5, 5.41) is 0. The first kappa shape index (κ1) is 20.1. The summed E-state index contributed by atoms with van der Waals surface area (Å²) in [5.74, 6) is -1.47. The highest BCUT2D eigenvalue weighted by Gasteiger charge is 2.58. The molecule has 0 unspecified atom stereocenters. The standard InChI is InChI=1S/C24H24F2N2O3/c1-15-3-2-4-16(11-15)22(29)27-9-7-24(8-10-27)23(30)28-20(5-6-21(28)31-24)17-12-18(25)14-19(26)13-17/h2-4,11-14,20-21H,5-10H2,1H3/t20-,21+/m0/s1. The molecule has 0 N–H and O–H groups in total. The maximum absolute atomic E-state index is 13.7. The van der Waals surface area contributed by atoms with Crippen molar-refractivity contribution in [2.45, 2.75) is 50.5 Å². The minimum atomic E-state index is -0.960. The molecular formula is C24H24F2N2O3. The van der Waals surface area contributed by atoms with Crippen molar-refractivity contribution in [3.05, 3.63) is 70.8 Å². The van der Waals surface area contributed by atoms with Gasteiger partial charge in [0.25, 0.3) is 11.8 Å². The number of piperidine rings is 1. The number of hydrogen-bond donors (Lipinski definition) is 0. The molecule has 5 nitrogen and oxygen atoms in total. The van der Waals surface area contributed by atoms with E-state index >= 15 is 0 Å². The molecule has 1 spiro atoms. The van der Waals surface area contributed by atoms with Crippen molar-refractivity contribution >= 4 is 11.8 Å².